The van der Waals surface area contributed by atoms with E-state index in [2.05, 4.69) is 38.7 Å². The zero-order chi connectivity index (χ0) is 27.4. The van der Waals surface area contributed by atoms with Crippen molar-refractivity contribution in [2.75, 3.05) is 0 Å². The van der Waals surface area contributed by atoms with Crippen LogP contribution >= 0.6 is 31.0 Å². The number of fused-ring (bicyclic) bond motifs is 3. The third-order valence-corrected chi connectivity index (χ3v) is 6.78. The van der Waals surface area contributed by atoms with Gasteiger partial charge in [-0.2, -0.15) is 0 Å². The summed E-state index contributed by atoms with van der Waals surface area (Å²) in [5.74, 6) is 0.137. The van der Waals surface area contributed by atoms with Crippen molar-refractivity contribution in [3.8, 4) is 0 Å². The first kappa shape index (κ1) is 27.4. The van der Waals surface area contributed by atoms with Crippen molar-refractivity contribution in [3.05, 3.63) is 90.3 Å². The van der Waals surface area contributed by atoms with Crippen LogP contribution in [0, 0.1) is 0 Å². The van der Waals surface area contributed by atoms with E-state index in [9.17, 15) is 9.59 Å². The maximum absolute atomic E-state index is 11.2. The molecule has 2 atom stereocenters. The number of aromatic nitrogens is 6. The molecular formula is C27H26N6O2P2S. The molecule has 1 N–H and O–H groups in total. The van der Waals surface area contributed by atoms with Gasteiger partial charge in [-0.3, -0.25) is 9.59 Å². The number of nitrogens with one attached hydrogen (secondary N) is 1. The molecule has 6 aromatic rings. The van der Waals surface area contributed by atoms with Gasteiger partial charge in [-0.1, -0.05) is 12.2 Å². The van der Waals surface area contributed by atoms with E-state index in [1.54, 1.807) is 53.5 Å². The van der Waals surface area contributed by atoms with Crippen molar-refractivity contribution in [2.24, 2.45) is 0 Å². The van der Waals surface area contributed by atoms with Crippen LogP contribution in [0.15, 0.2) is 73.6 Å². The summed E-state index contributed by atoms with van der Waals surface area (Å²) in [5, 5.41) is 2.92. The normalized spacial score (nSPS) is 10.6. The summed E-state index contributed by atoms with van der Waals surface area (Å²) < 4.78 is 3.57. The molecule has 6 heterocycles. The Hall–Kier alpha value is -3.64. The summed E-state index contributed by atoms with van der Waals surface area (Å²) in [5.41, 5.74) is 5.05. The van der Waals surface area contributed by atoms with E-state index in [4.69, 9.17) is 12.2 Å². The highest BCUT2D eigenvalue weighted by atomic mass is 32.1. The molecule has 11 heteroatoms. The number of rotatable bonds is 3. The van der Waals surface area contributed by atoms with E-state index in [-0.39, 0.29) is 11.6 Å². The number of hydrogen-bond acceptors (Lipinski definition) is 6. The molecular weight excluding hydrogens is 534 g/mol. The van der Waals surface area contributed by atoms with E-state index in [0.29, 0.717) is 0 Å². The van der Waals surface area contributed by atoms with E-state index < -0.39 is 0 Å². The Balaban J connectivity index is 0.000000133. The number of H-pyrrole nitrogens is 1. The highest BCUT2D eigenvalue weighted by Gasteiger charge is 2.10. The monoisotopic (exact) mass is 560 g/mol. The predicted molar refractivity (Wildman–Crippen MR) is 163 cm³/mol. The lowest BCUT2D eigenvalue weighted by Crippen LogP contribution is -1.88. The maximum atomic E-state index is 11.2. The lowest BCUT2D eigenvalue weighted by molar-refractivity contribution is 0.101. The molecule has 0 amide bonds. The SMILES string of the molecule is CC(=O)c1cn(P)c2ncccc12.CC(=O)c1cn(P)c2ncccc12.CC(=S)c1c[nH]c2ncccc12. The van der Waals surface area contributed by atoms with Crippen molar-refractivity contribution in [1.82, 2.24) is 28.6 Å². The van der Waals surface area contributed by atoms with Crippen molar-refractivity contribution in [3.63, 3.8) is 0 Å². The summed E-state index contributed by atoms with van der Waals surface area (Å²) in [6.07, 6.45) is 10.7. The first-order valence-electron chi connectivity index (χ1n) is 11.6. The van der Waals surface area contributed by atoms with Crippen LogP contribution < -0.4 is 0 Å². The second kappa shape index (κ2) is 11.8. The second-order valence-electron chi connectivity index (χ2n) is 8.42. The standard InChI is InChI=1S/2C9H9N2OP.C9H8N2S/c2*1-6(12)8-5-11(13)9-7(8)3-2-4-10-9;1-6(12)8-5-11-9-7(8)3-2-4-10-9/h2*2-5H,13H2,1H3;2-5H,1H3,(H,10,11). The number of Topliss-reactive ketones (excluding diaryl/α,β-unsaturated/α-hetero) is 2. The van der Waals surface area contributed by atoms with Crippen molar-refractivity contribution < 1.29 is 9.59 Å². The number of ketones is 2. The summed E-state index contributed by atoms with van der Waals surface area (Å²) in [7, 11) is 5.02. The fourth-order valence-electron chi connectivity index (χ4n) is 3.97. The molecule has 8 nitrogen and oxygen atoms in total. The number of pyridine rings is 3. The van der Waals surface area contributed by atoms with E-state index in [1.165, 1.54) is 0 Å². The lowest BCUT2D eigenvalue weighted by atomic mass is 10.2. The minimum absolute atomic E-state index is 0.0687. The number of carbonyl (C=O) groups excluding carboxylic acids is 2. The number of thiocarbonyl (C=S) groups is 1. The van der Waals surface area contributed by atoms with Gasteiger partial charge in [0.25, 0.3) is 0 Å². The molecule has 0 aliphatic heterocycles. The van der Waals surface area contributed by atoms with Crippen molar-refractivity contribution >= 4 is 80.5 Å². The van der Waals surface area contributed by atoms with Gasteiger partial charge in [-0.15, -0.1) is 0 Å². The summed E-state index contributed by atoms with van der Waals surface area (Å²) in [6, 6.07) is 11.4. The quantitative estimate of drug-likeness (QED) is 0.161. The van der Waals surface area contributed by atoms with Gasteiger partial charge in [-0.25, -0.2) is 15.0 Å². The Morgan fingerprint density at radius 3 is 1.63 bits per heavy atom. The summed E-state index contributed by atoms with van der Waals surface area (Å²) in [4.78, 5) is 38.9. The molecule has 6 aromatic heterocycles. The van der Waals surface area contributed by atoms with E-state index in [0.717, 1.165) is 54.7 Å². The smallest absolute Gasteiger partial charge is 0.162 e. The van der Waals surface area contributed by atoms with Crippen LogP contribution in [-0.4, -0.2) is 45.0 Å². The molecule has 6 rings (SSSR count). The van der Waals surface area contributed by atoms with Gasteiger partial charge in [-0.05, 0) is 76.0 Å². The van der Waals surface area contributed by atoms with Gasteiger partial charge in [0.1, 0.15) is 16.9 Å². The number of aromatic amines is 1. The average molecular weight is 561 g/mol. The third-order valence-electron chi connectivity index (χ3n) is 5.77. The van der Waals surface area contributed by atoms with Gasteiger partial charge in [0, 0.05) is 74.9 Å². The molecule has 0 aliphatic rings. The van der Waals surface area contributed by atoms with Gasteiger partial charge >= 0.3 is 0 Å². The Kier molecular flexibility index (Phi) is 8.52. The Labute approximate surface area is 229 Å². The van der Waals surface area contributed by atoms with Crippen LogP contribution in [0.1, 0.15) is 47.1 Å². The molecule has 38 heavy (non-hydrogen) atoms. The zero-order valence-corrected chi connectivity index (χ0v) is 24.2. The van der Waals surface area contributed by atoms with Crippen LogP contribution in [-0.2, 0) is 0 Å². The van der Waals surface area contributed by atoms with Gasteiger partial charge in [0.2, 0.25) is 0 Å². The minimum atomic E-state index is 0.0687. The van der Waals surface area contributed by atoms with Crippen LogP contribution in [0.5, 0.6) is 0 Å². The molecule has 0 aliphatic carbocycles. The Morgan fingerprint density at radius 2 is 1.18 bits per heavy atom. The minimum Gasteiger partial charge on any atom is -0.345 e. The number of nitrogens with zero attached hydrogens (tertiary/aromatic N) is 5. The molecule has 0 saturated heterocycles. The Bertz CT molecular complexity index is 1710. The lowest BCUT2D eigenvalue weighted by Gasteiger charge is -1.92. The van der Waals surface area contributed by atoms with E-state index >= 15 is 0 Å². The van der Waals surface area contributed by atoms with Crippen LogP contribution in [0.2, 0.25) is 0 Å². The molecule has 0 aromatic carbocycles. The van der Waals surface area contributed by atoms with Crippen LogP contribution in [0.4, 0.5) is 0 Å². The van der Waals surface area contributed by atoms with Crippen LogP contribution in [0.25, 0.3) is 33.1 Å². The van der Waals surface area contributed by atoms with Crippen LogP contribution in [0.3, 0.4) is 0 Å². The third kappa shape index (κ3) is 5.76. The molecule has 0 bridgehead atoms. The molecule has 0 spiro atoms. The molecule has 0 saturated carbocycles. The predicted octanol–water partition coefficient (Wildman–Crippen LogP) is 6.06. The fraction of sp³-hybridized carbons (Fsp3) is 0.111. The van der Waals surface area contributed by atoms with Crippen molar-refractivity contribution in [2.45, 2.75) is 20.8 Å². The maximum Gasteiger partial charge on any atom is 0.162 e. The second-order valence-corrected chi connectivity index (χ2v) is 10.1. The first-order valence-corrected chi connectivity index (χ1v) is 13.0. The highest BCUT2D eigenvalue weighted by molar-refractivity contribution is 7.80. The first-order chi connectivity index (χ1) is 18.2. The number of carbonyl (C=O) groups is 2. The summed E-state index contributed by atoms with van der Waals surface area (Å²) >= 11 is 5.10. The zero-order valence-electron chi connectivity index (χ0n) is 21.0. The molecule has 0 fully saturated rings. The fourth-order valence-corrected chi connectivity index (χ4v) is 4.85. The highest BCUT2D eigenvalue weighted by Crippen LogP contribution is 2.22. The molecule has 2 unspecified atom stereocenters. The van der Waals surface area contributed by atoms with Gasteiger partial charge in [0.05, 0.1) is 0 Å². The summed E-state index contributed by atoms with van der Waals surface area (Å²) in [6.45, 7) is 5.05. The van der Waals surface area contributed by atoms with E-state index in [1.807, 2.05) is 49.5 Å². The largest absolute Gasteiger partial charge is 0.345 e. The average Bonchev–Trinajstić information content (AvgIpc) is 3.59. The number of hydrogen-bond donors (Lipinski definition) is 1. The van der Waals surface area contributed by atoms with Gasteiger partial charge in [0.15, 0.2) is 11.6 Å². The molecule has 0 radical (unpaired) electrons. The van der Waals surface area contributed by atoms with Gasteiger partial charge < -0.3 is 13.7 Å². The van der Waals surface area contributed by atoms with Crippen molar-refractivity contribution in [1.29, 1.82) is 0 Å². The molecule has 192 valence electrons. The Morgan fingerprint density at radius 1 is 0.737 bits per heavy atom. The topological polar surface area (TPSA) is 98.5 Å².